The van der Waals surface area contributed by atoms with E-state index >= 15 is 0 Å². The van der Waals surface area contributed by atoms with Crippen LogP contribution in [0.2, 0.25) is 0 Å². The van der Waals surface area contributed by atoms with Crippen molar-refractivity contribution in [1.82, 2.24) is 5.32 Å². The fourth-order valence-electron chi connectivity index (χ4n) is 3.82. The quantitative estimate of drug-likeness (QED) is 0.635. The van der Waals surface area contributed by atoms with Gasteiger partial charge < -0.3 is 14.8 Å². The molecule has 1 aromatic heterocycles. The van der Waals surface area contributed by atoms with Gasteiger partial charge in [0.15, 0.2) is 16.6 Å². The van der Waals surface area contributed by atoms with Gasteiger partial charge in [-0.2, -0.15) is 5.26 Å². The van der Waals surface area contributed by atoms with Gasteiger partial charge in [0.2, 0.25) is 0 Å². The van der Waals surface area contributed by atoms with E-state index in [1.807, 2.05) is 0 Å². The van der Waals surface area contributed by atoms with Crippen molar-refractivity contribution in [1.29, 1.82) is 5.26 Å². The highest BCUT2D eigenvalue weighted by Crippen LogP contribution is 2.44. The molecular formula is C23H27N3O3S2. The molecule has 0 bridgehead atoms. The molecule has 164 valence electrons. The number of nitriles is 1. The Labute approximate surface area is 192 Å². The minimum atomic E-state index is -0.369. The van der Waals surface area contributed by atoms with E-state index < -0.39 is 0 Å². The summed E-state index contributed by atoms with van der Waals surface area (Å²) in [6.45, 7) is 6.79. The van der Waals surface area contributed by atoms with E-state index in [-0.39, 0.29) is 16.4 Å². The lowest BCUT2D eigenvalue weighted by molar-refractivity contribution is 0.0977. The number of methoxy groups -OCH3 is 2. The Morgan fingerprint density at radius 3 is 2.58 bits per heavy atom. The van der Waals surface area contributed by atoms with E-state index in [4.69, 9.17) is 21.7 Å². The van der Waals surface area contributed by atoms with Crippen LogP contribution < -0.4 is 20.1 Å². The van der Waals surface area contributed by atoms with Gasteiger partial charge in [0.05, 0.1) is 19.8 Å². The van der Waals surface area contributed by atoms with Crippen molar-refractivity contribution in [2.75, 3.05) is 19.5 Å². The maximum Gasteiger partial charge on any atom is 0.257 e. The average molecular weight is 458 g/mol. The molecule has 6 nitrogen and oxygen atoms in total. The molecule has 0 saturated heterocycles. The zero-order valence-corrected chi connectivity index (χ0v) is 20.1. The average Bonchev–Trinajstić information content (AvgIpc) is 3.08. The number of rotatable bonds is 4. The predicted octanol–water partition coefficient (Wildman–Crippen LogP) is 4.91. The highest BCUT2D eigenvalue weighted by molar-refractivity contribution is 7.80. The van der Waals surface area contributed by atoms with Crippen molar-refractivity contribution < 1.29 is 14.3 Å². The summed E-state index contributed by atoms with van der Waals surface area (Å²) in [6.07, 6.45) is 2.93. The molecule has 1 atom stereocenters. The summed E-state index contributed by atoms with van der Waals surface area (Å²) in [7, 11) is 3.05. The molecule has 0 fully saturated rings. The number of ether oxygens (including phenoxy) is 2. The van der Waals surface area contributed by atoms with Crippen LogP contribution in [-0.4, -0.2) is 25.2 Å². The number of hydrogen-bond donors (Lipinski definition) is 2. The van der Waals surface area contributed by atoms with E-state index in [1.54, 1.807) is 29.5 Å². The standard InChI is InChI=1S/C23H27N3O3S2/c1-23(2,3)14-7-8-15-16(12-24)21(31-19(15)11-14)26-22(30)25-20(27)13-6-9-17(28-4)18(10-13)29-5/h6,9-10,14H,7-8,11H2,1-5H3,(H2,25,26,27,30). The first-order valence-corrected chi connectivity index (χ1v) is 11.3. The van der Waals surface area contributed by atoms with Gasteiger partial charge in [0, 0.05) is 10.4 Å². The van der Waals surface area contributed by atoms with Gasteiger partial charge in [-0.1, -0.05) is 20.8 Å². The van der Waals surface area contributed by atoms with Gasteiger partial charge in [0.1, 0.15) is 11.1 Å². The van der Waals surface area contributed by atoms with Crippen molar-refractivity contribution in [2.45, 2.75) is 40.0 Å². The molecule has 2 aromatic rings. The molecule has 8 heteroatoms. The van der Waals surface area contributed by atoms with Crippen LogP contribution in [0.3, 0.4) is 0 Å². The fourth-order valence-corrected chi connectivity index (χ4v) is 5.36. The highest BCUT2D eigenvalue weighted by atomic mass is 32.1. The number of thiocarbonyl (C=S) groups is 1. The molecule has 0 aliphatic heterocycles. The second-order valence-electron chi connectivity index (χ2n) is 8.60. The molecular weight excluding hydrogens is 430 g/mol. The second kappa shape index (κ2) is 9.25. The first-order valence-electron chi connectivity index (χ1n) is 10.1. The maximum absolute atomic E-state index is 12.6. The molecule has 0 saturated carbocycles. The smallest absolute Gasteiger partial charge is 0.257 e. The summed E-state index contributed by atoms with van der Waals surface area (Å²) < 4.78 is 10.4. The number of thiophene rings is 1. The topological polar surface area (TPSA) is 83.4 Å². The minimum Gasteiger partial charge on any atom is -0.493 e. The number of nitrogens with zero attached hydrogens (tertiary/aromatic N) is 1. The number of nitrogens with one attached hydrogen (secondary N) is 2. The lowest BCUT2D eigenvalue weighted by Gasteiger charge is -2.33. The van der Waals surface area contributed by atoms with Crippen LogP contribution in [0.15, 0.2) is 18.2 Å². The van der Waals surface area contributed by atoms with E-state index in [9.17, 15) is 10.1 Å². The number of benzene rings is 1. The third-order valence-electron chi connectivity index (χ3n) is 5.70. The maximum atomic E-state index is 12.6. The molecule has 1 aromatic carbocycles. The third kappa shape index (κ3) is 5.00. The van der Waals surface area contributed by atoms with Crippen LogP contribution >= 0.6 is 23.6 Å². The van der Waals surface area contributed by atoms with Gasteiger partial charge in [-0.15, -0.1) is 11.3 Å². The number of fused-ring (bicyclic) bond motifs is 1. The first kappa shape index (κ1) is 23.0. The Hall–Kier alpha value is -2.63. The van der Waals surface area contributed by atoms with Crippen molar-refractivity contribution >= 4 is 39.6 Å². The Morgan fingerprint density at radius 2 is 1.97 bits per heavy atom. The number of amides is 1. The van der Waals surface area contributed by atoms with E-state index in [0.29, 0.717) is 33.5 Å². The molecule has 3 rings (SSSR count). The first-order chi connectivity index (χ1) is 14.7. The van der Waals surface area contributed by atoms with Crippen LogP contribution in [0.1, 0.15) is 53.6 Å². The van der Waals surface area contributed by atoms with Gasteiger partial charge >= 0.3 is 0 Å². The van der Waals surface area contributed by atoms with E-state index in [0.717, 1.165) is 24.8 Å². The number of anilines is 1. The number of carbonyl (C=O) groups excluding carboxylic acids is 1. The molecule has 1 amide bonds. The summed E-state index contributed by atoms with van der Waals surface area (Å²) >= 11 is 6.91. The second-order valence-corrected chi connectivity index (χ2v) is 10.1. The van der Waals surface area contributed by atoms with Crippen molar-refractivity contribution in [3.63, 3.8) is 0 Å². The molecule has 2 N–H and O–H groups in total. The van der Waals surface area contributed by atoms with Crippen LogP contribution in [0.25, 0.3) is 0 Å². The summed E-state index contributed by atoms with van der Waals surface area (Å²) in [5.41, 5.74) is 2.37. The van der Waals surface area contributed by atoms with Crippen LogP contribution in [0.5, 0.6) is 11.5 Å². The molecule has 0 radical (unpaired) electrons. The molecule has 1 aliphatic carbocycles. The molecule has 31 heavy (non-hydrogen) atoms. The Kier molecular flexibility index (Phi) is 6.87. The molecule has 1 heterocycles. The van der Waals surface area contributed by atoms with Gasteiger partial charge in [-0.3, -0.25) is 10.1 Å². The number of hydrogen-bond acceptors (Lipinski definition) is 6. The van der Waals surface area contributed by atoms with Crippen molar-refractivity contribution in [3.8, 4) is 17.6 Å². The van der Waals surface area contributed by atoms with Gasteiger partial charge in [-0.05, 0) is 66.6 Å². The SMILES string of the molecule is COc1ccc(C(=O)NC(=S)Nc2sc3c(c2C#N)CCC(C(C)(C)C)C3)cc1OC. The lowest BCUT2D eigenvalue weighted by Crippen LogP contribution is -2.34. The fraction of sp³-hybridized carbons (Fsp3) is 0.435. The van der Waals surface area contributed by atoms with Crippen molar-refractivity contribution in [2.24, 2.45) is 11.3 Å². The normalized spacial score (nSPS) is 15.4. The third-order valence-corrected chi connectivity index (χ3v) is 7.08. The van der Waals surface area contributed by atoms with Crippen molar-refractivity contribution in [3.05, 3.63) is 39.8 Å². The Morgan fingerprint density at radius 1 is 1.26 bits per heavy atom. The largest absolute Gasteiger partial charge is 0.493 e. The zero-order valence-electron chi connectivity index (χ0n) is 18.4. The molecule has 1 unspecified atom stereocenters. The molecule has 0 spiro atoms. The zero-order chi connectivity index (χ0) is 22.8. The van der Waals surface area contributed by atoms with E-state index in [2.05, 4.69) is 37.5 Å². The Bertz CT molecular complexity index is 1050. The van der Waals surface area contributed by atoms with Crippen LogP contribution in [0, 0.1) is 22.7 Å². The lowest BCUT2D eigenvalue weighted by atomic mass is 9.72. The monoisotopic (exact) mass is 457 g/mol. The van der Waals surface area contributed by atoms with Gasteiger partial charge in [0.25, 0.3) is 5.91 Å². The summed E-state index contributed by atoms with van der Waals surface area (Å²) in [4.78, 5) is 13.9. The summed E-state index contributed by atoms with van der Waals surface area (Å²) in [6, 6.07) is 7.21. The Balaban J connectivity index is 1.73. The predicted molar refractivity (Wildman–Crippen MR) is 127 cm³/mol. The summed E-state index contributed by atoms with van der Waals surface area (Å²) in [5.74, 6) is 1.21. The van der Waals surface area contributed by atoms with Crippen LogP contribution in [-0.2, 0) is 12.8 Å². The molecule has 1 aliphatic rings. The highest BCUT2D eigenvalue weighted by Gasteiger charge is 2.32. The van der Waals surface area contributed by atoms with E-state index in [1.165, 1.54) is 19.1 Å². The minimum absolute atomic E-state index is 0.155. The van der Waals surface area contributed by atoms with Crippen LogP contribution in [0.4, 0.5) is 5.00 Å². The summed E-state index contributed by atoms with van der Waals surface area (Å²) in [5, 5.41) is 16.3. The van der Waals surface area contributed by atoms with Gasteiger partial charge in [-0.25, -0.2) is 0 Å². The number of carbonyl (C=O) groups is 1.